The van der Waals surface area contributed by atoms with Gasteiger partial charge in [-0.05, 0) is 84.3 Å². The van der Waals surface area contributed by atoms with Crippen molar-refractivity contribution in [1.29, 1.82) is 5.26 Å². The molecule has 160 valence electrons. The van der Waals surface area contributed by atoms with Crippen LogP contribution in [0.1, 0.15) is 41.6 Å². The van der Waals surface area contributed by atoms with E-state index in [1.807, 2.05) is 66.7 Å². The Bertz CT molecular complexity index is 1180. The van der Waals surface area contributed by atoms with Crippen molar-refractivity contribution in [3.8, 4) is 28.3 Å². The van der Waals surface area contributed by atoms with Gasteiger partial charge in [0.15, 0.2) is 0 Å². The summed E-state index contributed by atoms with van der Waals surface area (Å²) in [7, 11) is 0. The number of piperidine rings is 1. The van der Waals surface area contributed by atoms with E-state index in [2.05, 4.69) is 11.0 Å². The fraction of sp³-hybridized carbons (Fsp3) is 0.259. The fourth-order valence-corrected chi connectivity index (χ4v) is 5.35. The average molecular weight is 442 g/mol. The zero-order valence-electron chi connectivity index (χ0n) is 17.7. The van der Waals surface area contributed by atoms with E-state index in [-0.39, 0.29) is 24.0 Å². The van der Waals surface area contributed by atoms with Crippen LogP contribution in [0.3, 0.4) is 0 Å². The van der Waals surface area contributed by atoms with Crippen LogP contribution in [0, 0.1) is 11.3 Å². The SMILES string of the molecule is N#Cc1ccc(-c2cc(C(=O)N3C4CCC3CC(N)C4)ccc2-c2ccc(Cl)cc2)cc1. The molecule has 2 bridgehead atoms. The second kappa shape index (κ2) is 8.43. The van der Waals surface area contributed by atoms with E-state index in [4.69, 9.17) is 17.3 Å². The molecule has 2 saturated heterocycles. The van der Waals surface area contributed by atoms with Crippen LogP contribution in [0.2, 0.25) is 5.02 Å². The van der Waals surface area contributed by atoms with Crippen LogP contribution in [0.5, 0.6) is 0 Å². The third-order valence-electron chi connectivity index (χ3n) is 6.75. The first-order valence-electron chi connectivity index (χ1n) is 11.0. The summed E-state index contributed by atoms with van der Waals surface area (Å²) in [5, 5.41) is 9.85. The molecule has 32 heavy (non-hydrogen) atoms. The van der Waals surface area contributed by atoms with E-state index in [0.717, 1.165) is 47.9 Å². The molecule has 2 fully saturated rings. The van der Waals surface area contributed by atoms with Gasteiger partial charge < -0.3 is 10.6 Å². The predicted octanol–water partition coefficient (Wildman–Crippen LogP) is 5.64. The highest BCUT2D eigenvalue weighted by Gasteiger charge is 2.42. The molecule has 1 amide bonds. The second-order valence-corrected chi connectivity index (χ2v) is 9.22. The lowest BCUT2D eigenvalue weighted by molar-refractivity contribution is 0.0575. The number of amides is 1. The molecule has 2 aliphatic rings. The Morgan fingerprint density at radius 1 is 0.906 bits per heavy atom. The summed E-state index contributed by atoms with van der Waals surface area (Å²) < 4.78 is 0. The van der Waals surface area contributed by atoms with Crippen molar-refractivity contribution in [3.05, 3.63) is 82.9 Å². The summed E-state index contributed by atoms with van der Waals surface area (Å²) in [5.41, 5.74) is 11.5. The molecule has 2 N–H and O–H groups in total. The maximum atomic E-state index is 13.6. The zero-order valence-corrected chi connectivity index (χ0v) is 18.4. The molecule has 0 spiro atoms. The number of nitriles is 1. The van der Waals surface area contributed by atoms with Gasteiger partial charge in [0.2, 0.25) is 0 Å². The molecule has 3 aromatic rings. The first kappa shape index (κ1) is 20.8. The highest BCUT2D eigenvalue weighted by atomic mass is 35.5. The molecule has 4 nitrogen and oxygen atoms in total. The van der Waals surface area contributed by atoms with E-state index in [9.17, 15) is 10.1 Å². The molecule has 2 aliphatic heterocycles. The van der Waals surface area contributed by atoms with Gasteiger partial charge in [0.05, 0.1) is 11.6 Å². The van der Waals surface area contributed by atoms with Crippen LogP contribution >= 0.6 is 11.6 Å². The number of hydrogen-bond donors (Lipinski definition) is 1. The van der Waals surface area contributed by atoms with Crippen LogP contribution < -0.4 is 5.73 Å². The number of carbonyl (C=O) groups excluding carboxylic acids is 1. The van der Waals surface area contributed by atoms with Crippen LogP contribution in [0.25, 0.3) is 22.3 Å². The van der Waals surface area contributed by atoms with E-state index in [0.29, 0.717) is 16.1 Å². The average Bonchev–Trinajstić information content (AvgIpc) is 3.09. The van der Waals surface area contributed by atoms with Crippen molar-refractivity contribution in [2.24, 2.45) is 5.73 Å². The van der Waals surface area contributed by atoms with E-state index in [1.165, 1.54) is 0 Å². The van der Waals surface area contributed by atoms with Gasteiger partial charge in [-0.1, -0.05) is 41.9 Å². The normalized spacial score (nSPS) is 21.9. The van der Waals surface area contributed by atoms with Gasteiger partial charge in [-0.2, -0.15) is 5.26 Å². The number of nitrogens with two attached hydrogens (primary N) is 1. The predicted molar refractivity (Wildman–Crippen MR) is 127 cm³/mol. The number of halogens is 1. The Morgan fingerprint density at radius 3 is 2.12 bits per heavy atom. The smallest absolute Gasteiger partial charge is 0.254 e. The molecule has 5 rings (SSSR count). The third-order valence-corrected chi connectivity index (χ3v) is 7.00. The van der Waals surface area contributed by atoms with Crippen LogP contribution in [-0.4, -0.2) is 28.9 Å². The Balaban J connectivity index is 1.57. The maximum absolute atomic E-state index is 13.6. The van der Waals surface area contributed by atoms with E-state index >= 15 is 0 Å². The van der Waals surface area contributed by atoms with Crippen molar-refractivity contribution in [2.45, 2.75) is 43.8 Å². The Kier molecular flexibility index (Phi) is 5.46. The van der Waals surface area contributed by atoms with Crippen molar-refractivity contribution in [3.63, 3.8) is 0 Å². The Hall–Kier alpha value is -3.13. The molecular formula is C27H24ClN3O. The highest BCUT2D eigenvalue weighted by Crippen LogP contribution is 2.38. The first-order chi connectivity index (χ1) is 15.5. The number of rotatable bonds is 3. The van der Waals surface area contributed by atoms with Crippen LogP contribution in [0.4, 0.5) is 0 Å². The van der Waals surface area contributed by atoms with Gasteiger partial charge in [0.25, 0.3) is 5.91 Å². The summed E-state index contributed by atoms with van der Waals surface area (Å²) >= 11 is 6.10. The topological polar surface area (TPSA) is 70.1 Å². The molecule has 2 atom stereocenters. The van der Waals surface area contributed by atoms with Crippen LogP contribution in [-0.2, 0) is 0 Å². The Labute approximate surface area is 193 Å². The summed E-state index contributed by atoms with van der Waals surface area (Å²) in [5.74, 6) is 0.0851. The van der Waals surface area contributed by atoms with Crippen molar-refractivity contribution >= 4 is 17.5 Å². The van der Waals surface area contributed by atoms with E-state index < -0.39 is 0 Å². The van der Waals surface area contributed by atoms with Gasteiger partial charge in [-0.15, -0.1) is 0 Å². The summed E-state index contributed by atoms with van der Waals surface area (Å²) in [6.07, 6.45) is 3.84. The van der Waals surface area contributed by atoms with Gasteiger partial charge in [0.1, 0.15) is 0 Å². The number of nitrogens with zero attached hydrogens (tertiary/aromatic N) is 2. The monoisotopic (exact) mass is 441 g/mol. The second-order valence-electron chi connectivity index (χ2n) is 8.79. The minimum Gasteiger partial charge on any atom is -0.333 e. The molecular weight excluding hydrogens is 418 g/mol. The molecule has 2 unspecified atom stereocenters. The highest BCUT2D eigenvalue weighted by molar-refractivity contribution is 6.30. The van der Waals surface area contributed by atoms with Crippen molar-refractivity contribution < 1.29 is 4.79 Å². The lowest BCUT2D eigenvalue weighted by Crippen LogP contribution is -2.50. The van der Waals surface area contributed by atoms with Crippen molar-refractivity contribution in [1.82, 2.24) is 4.90 Å². The molecule has 5 heteroatoms. The maximum Gasteiger partial charge on any atom is 0.254 e. The van der Waals surface area contributed by atoms with Gasteiger partial charge in [-0.3, -0.25) is 4.79 Å². The van der Waals surface area contributed by atoms with Crippen LogP contribution in [0.15, 0.2) is 66.7 Å². The standard InChI is InChI=1S/C27H24ClN3O/c28-21-8-5-18(6-9-21)25-12-7-20(13-26(25)19-3-1-17(16-29)2-4-19)27(32)31-23-10-11-24(31)15-22(30)14-23/h1-9,12-13,22-24H,10-11,14-15,30H2. The largest absolute Gasteiger partial charge is 0.333 e. The quantitative estimate of drug-likeness (QED) is 0.571. The van der Waals surface area contributed by atoms with E-state index in [1.54, 1.807) is 0 Å². The van der Waals surface area contributed by atoms with Gasteiger partial charge in [-0.25, -0.2) is 0 Å². The zero-order chi connectivity index (χ0) is 22.2. The molecule has 0 radical (unpaired) electrons. The molecule has 0 saturated carbocycles. The third kappa shape index (κ3) is 3.79. The van der Waals surface area contributed by atoms with Gasteiger partial charge in [0, 0.05) is 28.7 Å². The number of hydrogen-bond acceptors (Lipinski definition) is 3. The first-order valence-corrected chi connectivity index (χ1v) is 11.4. The molecule has 2 heterocycles. The summed E-state index contributed by atoms with van der Waals surface area (Å²) in [6.45, 7) is 0. The molecule has 3 aromatic carbocycles. The lowest BCUT2D eigenvalue weighted by atomic mass is 9.91. The van der Waals surface area contributed by atoms with Crippen molar-refractivity contribution in [2.75, 3.05) is 0 Å². The lowest BCUT2D eigenvalue weighted by Gasteiger charge is -2.38. The minimum atomic E-state index is 0.0851. The Morgan fingerprint density at radius 2 is 1.50 bits per heavy atom. The summed E-state index contributed by atoms with van der Waals surface area (Å²) in [4.78, 5) is 15.6. The molecule has 0 aromatic heterocycles. The number of fused-ring (bicyclic) bond motifs is 2. The number of carbonyl (C=O) groups is 1. The molecule has 0 aliphatic carbocycles. The number of benzene rings is 3. The van der Waals surface area contributed by atoms with Gasteiger partial charge >= 0.3 is 0 Å². The summed E-state index contributed by atoms with van der Waals surface area (Å²) in [6, 6.07) is 24.0. The fourth-order valence-electron chi connectivity index (χ4n) is 5.22. The minimum absolute atomic E-state index is 0.0851.